The Morgan fingerprint density at radius 2 is 1.88 bits per heavy atom. The maximum Gasteiger partial charge on any atom is 0.182 e. The summed E-state index contributed by atoms with van der Waals surface area (Å²) in [6.07, 6.45) is 6.44. The molecule has 0 unspecified atom stereocenters. The van der Waals surface area contributed by atoms with Crippen molar-refractivity contribution in [2.45, 2.75) is 26.2 Å². The number of aromatic nitrogens is 4. The maximum absolute atomic E-state index is 6.21. The van der Waals surface area contributed by atoms with E-state index in [4.69, 9.17) is 5.73 Å². The van der Waals surface area contributed by atoms with Crippen LogP contribution in [0.5, 0.6) is 0 Å². The molecule has 25 heavy (non-hydrogen) atoms. The lowest BCUT2D eigenvalue weighted by atomic mass is 9.74. The van der Waals surface area contributed by atoms with E-state index in [0.717, 1.165) is 55.9 Å². The van der Waals surface area contributed by atoms with Crippen molar-refractivity contribution in [2.75, 3.05) is 24.5 Å². The number of nitrogens with two attached hydrogens (primary N) is 1. The normalized spacial score (nSPS) is 17.1. The van der Waals surface area contributed by atoms with Crippen LogP contribution >= 0.6 is 0 Å². The highest BCUT2D eigenvalue weighted by atomic mass is 15.2. The number of H-pyrrole nitrogens is 1. The molecule has 0 bridgehead atoms. The second-order valence-electron chi connectivity index (χ2n) is 7.15. The third-order valence-electron chi connectivity index (χ3n) is 5.46. The van der Waals surface area contributed by atoms with Crippen LogP contribution < -0.4 is 10.6 Å². The van der Waals surface area contributed by atoms with Crippen LogP contribution in [0.2, 0.25) is 0 Å². The van der Waals surface area contributed by atoms with Gasteiger partial charge < -0.3 is 15.6 Å². The van der Waals surface area contributed by atoms with Gasteiger partial charge in [-0.1, -0.05) is 29.8 Å². The lowest BCUT2D eigenvalue weighted by molar-refractivity contribution is 0.226. The number of hydrogen-bond acceptors (Lipinski definition) is 5. The van der Waals surface area contributed by atoms with Gasteiger partial charge in [0, 0.05) is 13.1 Å². The van der Waals surface area contributed by atoms with Gasteiger partial charge in [0.1, 0.15) is 11.8 Å². The summed E-state index contributed by atoms with van der Waals surface area (Å²) in [4.78, 5) is 18.4. The van der Waals surface area contributed by atoms with Crippen molar-refractivity contribution in [2.24, 2.45) is 11.1 Å². The van der Waals surface area contributed by atoms with E-state index in [1.54, 1.807) is 12.7 Å². The van der Waals surface area contributed by atoms with Crippen molar-refractivity contribution in [1.29, 1.82) is 0 Å². The number of benzene rings is 1. The minimum Gasteiger partial charge on any atom is -0.355 e. The van der Waals surface area contributed by atoms with Crippen molar-refractivity contribution in [3.8, 4) is 0 Å². The summed E-state index contributed by atoms with van der Waals surface area (Å²) in [6, 6.07) is 8.84. The number of nitrogens with one attached hydrogen (secondary N) is 1. The molecule has 1 aliphatic heterocycles. The fraction of sp³-hybridized carbons (Fsp3) is 0.421. The first-order chi connectivity index (χ1) is 12.2. The predicted octanol–water partition coefficient (Wildman–Crippen LogP) is 2.45. The highest BCUT2D eigenvalue weighted by molar-refractivity contribution is 5.82. The zero-order chi connectivity index (χ0) is 17.3. The lowest BCUT2D eigenvalue weighted by Gasteiger charge is -2.42. The minimum absolute atomic E-state index is 0.173. The summed E-state index contributed by atoms with van der Waals surface area (Å²) in [5.41, 5.74) is 10.7. The van der Waals surface area contributed by atoms with E-state index in [0.29, 0.717) is 0 Å². The number of nitrogens with zero attached hydrogens (tertiary/aromatic N) is 4. The second-order valence-corrected chi connectivity index (χ2v) is 7.15. The van der Waals surface area contributed by atoms with E-state index in [1.807, 2.05) is 0 Å². The summed E-state index contributed by atoms with van der Waals surface area (Å²) in [6.45, 7) is 4.75. The Bertz CT molecular complexity index is 846. The average Bonchev–Trinajstić information content (AvgIpc) is 3.13. The van der Waals surface area contributed by atoms with Crippen LogP contribution in [-0.4, -0.2) is 39.6 Å². The van der Waals surface area contributed by atoms with Crippen LogP contribution in [0.3, 0.4) is 0 Å². The molecule has 0 aliphatic carbocycles. The maximum atomic E-state index is 6.21. The Kier molecular flexibility index (Phi) is 4.13. The zero-order valence-electron chi connectivity index (χ0n) is 14.6. The summed E-state index contributed by atoms with van der Waals surface area (Å²) >= 11 is 0. The monoisotopic (exact) mass is 336 g/mol. The van der Waals surface area contributed by atoms with Crippen LogP contribution in [0.25, 0.3) is 11.2 Å². The van der Waals surface area contributed by atoms with E-state index in [9.17, 15) is 0 Å². The quantitative estimate of drug-likeness (QED) is 0.764. The third-order valence-corrected chi connectivity index (χ3v) is 5.46. The minimum atomic E-state index is 0.173. The SMILES string of the molecule is Cc1ccc(CC2(CN)CCN(c3ncnc4nc[nH]c34)CC2)cc1. The summed E-state index contributed by atoms with van der Waals surface area (Å²) in [5.74, 6) is 0.948. The molecule has 3 aromatic rings. The number of imidazole rings is 1. The molecule has 1 aliphatic rings. The van der Waals surface area contributed by atoms with Gasteiger partial charge in [-0.3, -0.25) is 0 Å². The number of aromatic amines is 1. The molecule has 1 aromatic carbocycles. The van der Waals surface area contributed by atoms with Crippen LogP contribution in [-0.2, 0) is 6.42 Å². The Labute approximate surface area is 147 Å². The van der Waals surface area contributed by atoms with E-state index < -0.39 is 0 Å². The summed E-state index contributed by atoms with van der Waals surface area (Å²) < 4.78 is 0. The molecule has 0 amide bonds. The molecule has 0 spiro atoms. The fourth-order valence-electron chi connectivity index (χ4n) is 3.78. The first kappa shape index (κ1) is 16.0. The number of piperidine rings is 1. The van der Waals surface area contributed by atoms with Gasteiger partial charge in [-0.25, -0.2) is 15.0 Å². The van der Waals surface area contributed by atoms with Crippen LogP contribution in [0.4, 0.5) is 5.82 Å². The number of aryl methyl sites for hydroxylation is 1. The smallest absolute Gasteiger partial charge is 0.182 e. The molecule has 3 heterocycles. The van der Waals surface area contributed by atoms with Gasteiger partial charge in [0.15, 0.2) is 11.5 Å². The van der Waals surface area contributed by atoms with Crippen molar-refractivity contribution in [1.82, 2.24) is 19.9 Å². The molecule has 1 fully saturated rings. The number of anilines is 1. The summed E-state index contributed by atoms with van der Waals surface area (Å²) in [7, 11) is 0. The van der Waals surface area contributed by atoms with Crippen LogP contribution in [0, 0.1) is 12.3 Å². The Morgan fingerprint density at radius 1 is 1.12 bits per heavy atom. The number of fused-ring (bicyclic) bond motifs is 1. The predicted molar refractivity (Wildman–Crippen MR) is 99.5 cm³/mol. The van der Waals surface area contributed by atoms with E-state index in [1.165, 1.54) is 11.1 Å². The van der Waals surface area contributed by atoms with Crippen molar-refractivity contribution in [3.05, 3.63) is 48.0 Å². The Balaban J connectivity index is 1.51. The molecule has 6 heteroatoms. The van der Waals surface area contributed by atoms with Gasteiger partial charge in [-0.05, 0) is 43.7 Å². The van der Waals surface area contributed by atoms with E-state index in [-0.39, 0.29) is 5.41 Å². The molecule has 0 radical (unpaired) electrons. The molecular formula is C19H24N6. The largest absolute Gasteiger partial charge is 0.355 e. The highest BCUT2D eigenvalue weighted by Gasteiger charge is 2.34. The van der Waals surface area contributed by atoms with Gasteiger partial charge in [0.05, 0.1) is 6.33 Å². The Hall–Kier alpha value is -2.47. The lowest BCUT2D eigenvalue weighted by Crippen LogP contribution is -2.45. The molecule has 0 atom stereocenters. The Morgan fingerprint density at radius 3 is 2.60 bits per heavy atom. The van der Waals surface area contributed by atoms with Crippen LogP contribution in [0.1, 0.15) is 24.0 Å². The van der Waals surface area contributed by atoms with Gasteiger partial charge in [-0.2, -0.15) is 0 Å². The average molecular weight is 336 g/mol. The topological polar surface area (TPSA) is 83.7 Å². The highest BCUT2D eigenvalue weighted by Crippen LogP contribution is 2.36. The molecule has 130 valence electrons. The van der Waals surface area contributed by atoms with Crippen LogP contribution in [0.15, 0.2) is 36.9 Å². The third kappa shape index (κ3) is 3.09. The standard InChI is InChI=1S/C19H24N6/c1-14-2-4-15(5-3-14)10-19(11-20)6-8-25(9-7-19)18-16-17(22-12-21-16)23-13-24-18/h2-5,12-13H,6-11,20H2,1H3,(H,21,22,23,24). The molecule has 6 nitrogen and oxygen atoms in total. The van der Waals surface area contributed by atoms with E-state index in [2.05, 4.69) is 56.0 Å². The molecule has 3 N–H and O–H groups in total. The second kappa shape index (κ2) is 6.44. The first-order valence-corrected chi connectivity index (χ1v) is 8.84. The number of hydrogen-bond donors (Lipinski definition) is 2. The molecule has 2 aromatic heterocycles. The molecule has 1 saturated heterocycles. The van der Waals surface area contributed by atoms with Gasteiger partial charge >= 0.3 is 0 Å². The van der Waals surface area contributed by atoms with Crippen molar-refractivity contribution in [3.63, 3.8) is 0 Å². The fourth-order valence-corrected chi connectivity index (χ4v) is 3.78. The number of rotatable bonds is 4. The zero-order valence-corrected chi connectivity index (χ0v) is 14.6. The summed E-state index contributed by atoms with van der Waals surface area (Å²) in [5, 5.41) is 0. The van der Waals surface area contributed by atoms with Crippen molar-refractivity contribution >= 4 is 17.0 Å². The van der Waals surface area contributed by atoms with Gasteiger partial charge in [-0.15, -0.1) is 0 Å². The van der Waals surface area contributed by atoms with Gasteiger partial charge in [0.25, 0.3) is 0 Å². The molecule has 4 rings (SSSR count). The van der Waals surface area contributed by atoms with Gasteiger partial charge in [0.2, 0.25) is 0 Å². The van der Waals surface area contributed by atoms with Crippen molar-refractivity contribution < 1.29 is 0 Å². The van der Waals surface area contributed by atoms with E-state index >= 15 is 0 Å². The molecule has 0 saturated carbocycles. The molecular weight excluding hydrogens is 312 g/mol. The first-order valence-electron chi connectivity index (χ1n) is 8.84.